The predicted molar refractivity (Wildman–Crippen MR) is 87.6 cm³/mol. The Morgan fingerprint density at radius 3 is 2.96 bits per heavy atom. The SMILES string of the molecule is Cc1ccc(O)c(CNC[C@H]2CC[C@@H](c3nc(C4CC4)n[nH]3)O2)n1. The zero-order chi connectivity index (χ0) is 16.5. The van der Waals surface area contributed by atoms with Crippen molar-refractivity contribution in [2.75, 3.05) is 6.54 Å². The van der Waals surface area contributed by atoms with Crippen molar-refractivity contribution >= 4 is 0 Å². The minimum atomic E-state index is 0.0160. The summed E-state index contributed by atoms with van der Waals surface area (Å²) in [5, 5.41) is 20.5. The number of nitrogens with one attached hydrogen (secondary N) is 2. The van der Waals surface area contributed by atoms with Crippen LogP contribution >= 0.6 is 0 Å². The first-order valence-electron chi connectivity index (χ1n) is 8.63. The van der Waals surface area contributed by atoms with Gasteiger partial charge >= 0.3 is 0 Å². The highest BCUT2D eigenvalue weighted by Gasteiger charge is 2.32. The van der Waals surface area contributed by atoms with Gasteiger partial charge in [-0.3, -0.25) is 10.1 Å². The number of aromatic amines is 1. The van der Waals surface area contributed by atoms with Gasteiger partial charge in [-0.05, 0) is 44.7 Å². The van der Waals surface area contributed by atoms with Crippen molar-refractivity contribution in [3.63, 3.8) is 0 Å². The largest absolute Gasteiger partial charge is 0.506 e. The third-order valence-electron chi connectivity index (χ3n) is 4.63. The first-order chi connectivity index (χ1) is 11.7. The normalized spacial score (nSPS) is 23.7. The van der Waals surface area contributed by atoms with Crippen molar-refractivity contribution in [3.8, 4) is 5.75 Å². The van der Waals surface area contributed by atoms with Gasteiger partial charge in [0.2, 0.25) is 0 Å². The van der Waals surface area contributed by atoms with Gasteiger partial charge in [-0.1, -0.05) is 0 Å². The van der Waals surface area contributed by atoms with Crippen molar-refractivity contribution in [2.45, 2.75) is 57.3 Å². The van der Waals surface area contributed by atoms with E-state index in [1.54, 1.807) is 12.1 Å². The third-order valence-corrected chi connectivity index (χ3v) is 4.63. The summed E-state index contributed by atoms with van der Waals surface area (Å²) in [7, 11) is 0. The van der Waals surface area contributed by atoms with Gasteiger partial charge in [-0.15, -0.1) is 0 Å². The Hall–Kier alpha value is -1.99. The lowest BCUT2D eigenvalue weighted by Gasteiger charge is -2.13. The maximum Gasteiger partial charge on any atom is 0.153 e. The topological polar surface area (TPSA) is 96.0 Å². The van der Waals surface area contributed by atoms with Crippen LogP contribution in [0.5, 0.6) is 5.75 Å². The second-order valence-corrected chi connectivity index (χ2v) is 6.73. The van der Waals surface area contributed by atoms with Crippen molar-refractivity contribution in [1.29, 1.82) is 0 Å². The molecule has 2 atom stereocenters. The Bertz CT molecular complexity index is 713. The van der Waals surface area contributed by atoms with Crippen molar-refractivity contribution in [3.05, 3.63) is 35.2 Å². The molecule has 0 radical (unpaired) electrons. The lowest BCUT2D eigenvalue weighted by atomic mass is 10.2. The summed E-state index contributed by atoms with van der Waals surface area (Å²) in [6.45, 7) is 3.18. The Balaban J connectivity index is 1.26. The van der Waals surface area contributed by atoms with Crippen LogP contribution in [0.15, 0.2) is 12.1 Å². The number of nitrogens with zero attached hydrogens (tertiary/aromatic N) is 3. The molecule has 4 rings (SSSR count). The molecular weight excluding hydrogens is 306 g/mol. The molecule has 1 saturated carbocycles. The summed E-state index contributed by atoms with van der Waals surface area (Å²) in [5.41, 5.74) is 1.58. The Labute approximate surface area is 140 Å². The fourth-order valence-electron chi connectivity index (χ4n) is 3.10. The molecule has 24 heavy (non-hydrogen) atoms. The Morgan fingerprint density at radius 1 is 1.25 bits per heavy atom. The minimum Gasteiger partial charge on any atom is -0.506 e. The standard InChI is InChI=1S/C17H23N5O2/c1-10-2-6-14(23)13(19-10)9-18-8-12-5-7-15(24-12)17-20-16(21-22-17)11-3-4-11/h2,6,11-12,15,18,23H,3-5,7-9H2,1H3,(H,20,21,22)/t12-,15+/m1/s1. The highest BCUT2D eigenvalue weighted by atomic mass is 16.5. The zero-order valence-corrected chi connectivity index (χ0v) is 13.8. The van der Waals surface area contributed by atoms with Gasteiger partial charge in [0.05, 0.1) is 11.8 Å². The molecule has 128 valence electrons. The Kier molecular flexibility index (Phi) is 4.20. The van der Waals surface area contributed by atoms with E-state index in [0.717, 1.165) is 36.7 Å². The molecule has 7 nitrogen and oxygen atoms in total. The quantitative estimate of drug-likeness (QED) is 0.751. The summed E-state index contributed by atoms with van der Waals surface area (Å²) in [5.74, 6) is 2.59. The van der Waals surface area contributed by atoms with Crippen LogP contribution in [0.1, 0.15) is 60.7 Å². The number of H-pyrrole nitrogens is 1. The highest BCUT2D eigenvalue weighted by molar-refractivity contribution is 5.27. The number of aromatic hydroxyl groups is 1. The molecule has 0 bridgehead atoms. The molecule has 3 heterocycles. The van der Waals surface area contributed by atoms with E-state index < -0.39 is 0 Å². The molecule has 7 heteroatoms. The molecule has 0 unspecified atom stereocenters. The van der Waals surface area contributed by atoms with Crippen molar-refractivity contribution in [2.24, 2.45) is 0 Å². The summed E-state index contributed by atoms with van der Waals surface area (Å²) in [6, 6.07) is 3.49. The van der Waals surface area contributed by atoms with Gasteiger partial charge in [0.25, 0.3) is 0 Å². The van der Waals surface area contributed by atoms with Crippen LogP contribution in [0.3, 0.4) is 0 Å². The zero-order valence-electron chi connectivity index (χ0n) is 13.8. The van der Waals surface area contributed by atoms with E-state index in [1.807, 2.05) is 6.92 Å². The van der Waals surface area contributed by atoms with E-state index >= 15 is 0 Å². The lowest BCUT2D eigenvalue weighted by molar-refractivity contribution is 0.0400. The maximum atomic E-state index is 9.82. The van der Waals surface area contributed by atoms with Gasteiger partial charge in [0, 0.05) is 24.7 Å². The number of aryl methyl sites for hydroxylation is 1. The molecule has 0 aromatic carbocycles. The first-order valence-corrected chi connectivity index (χ1v) is 8.63. The average Bonchev–Trinajstić information content (AvgIpc) is 3.11. The van der Waals surface area contributed by atoms with Crippen LogP contribution in [-0.2, 0) is 11.3 Å². The van der Waals surface area contributed by atoms with Gasteiger partial charge < -0.3 is 15.2 Å². The van der Waals surface area contributed by atoms with E-state index in [9.17, 15) is 5.11 Å². The van der Waals surface area contributed by atoms with E-state index in [2.05, 4.69) is 25.5 Å². The van der Waals surface area contributed by atoms with Gasteiger partial charge in [0.15, 0.2) is 11.6 Å². The number of hydrogen-bond acceptors (Lipinski definition) is 6. The van der Waals surface area contributed by atoms with Crippen molar-refractivity contribution in [1.82, 2.24) is 25.5 Å². The van der Waals surface area contributed by atoms with Gasteiger partial charge in [0.1, 0.15) is 11.9 Å². The van der Waals surface area contributed by atoms with Crippen LogP contribution in [0.2, 0.25) is 0 Å². The fourth-order valence-corrected chi connectivity index (χ4v) is 3.10. The monoisotopic (exact) mass is 329 g/mol. The lowest BCUT2D eigenvalue weighted by Crippen LogP contribution is -2.26. The van der Waals surface area contributed by atoms with Crippen LogP contribution < -0.4 is 5.32 Å². The van der Waals surface area contributed by atoms with E-state index in [4.69, 9.17) is 4.74 Å². The summed E-state index contributed by atoms with van der Waals surface area (Å²) >= 11 is 0. The maximum absolute atomic E-state index is 9.82. The molecule has 0 spiro atoms. The molecule has 2 aliphatic rings. The number of rotatable bonds is 6. The van der Waals surface area contributed by atoms with Gasteiger partial charge in [-0.25, -0.2) is 4.98 Å². The minimum absolute atomic E-state index is 0.0160. The second kappa shape index (κ2) is 6.49. The molecule has 1 aliphatic heterocycles. The highest BCUT2D eigenvalue weighted by Crippen LogP contribution is 2.39. The molecule has 2 fully saturated rings. The third kappa shape index (κ3) is 3.42. The summed E-state index contributed by atoms with van der Waals surface area (Å²) < 4.78 is 6.07. The summed E-state index contributed by atoms with van der Waals surface area (Å²) in [6.07, 6.45) is 4.52. The molecule has 0 amide bonds. The molecule has 1 saturated heterocycles. The number of hydrogen-bond donors (Lipinski definition) is 3. The van der Waals surface area contributed by atoms with Crippen molar-refractivity contribution < 1.29 is 9.84 Å². The smallest absolute Gasteiger partial charge is 0.153 e. The van der Waals surface area contributed by atoms with Crippen LogP contribution in [0.25, 0.3) is 0 Å². The fraction of sp³-hybridized carbons (Fsp3) is 0.588. The van der Waals surface area contributed by atoms with Crippen LogP contribution in [-0.4, -0.2) is 37.9 Å². The average molecular weight is 329 g/mol. The Morgan fingerprint density at radius 2 is 2.12 bits per heavy atom. The van der Waals surface area contributed by atoms with Crippen LogP contribution in [0, 0.1) is 6.92 Å². The number of pyridine rings is 1. The van der Waals surface area contributed by atoms with E-state index in [0.29, 0.717) is 18.2 Å². The molecule has 2 aromatic rings. The second-order valence-electron chi connectivity index (χ2n) is 6.73. The number of aromatic nitrogens is 4. The molecule has 1 aliphatic carbocycles. The first kappa shape index (κ1) is 15.5. The molecular formula is C17H23N5O2. The summed E-state index contributed by atoms with van der Waals surface area (Å²) in [4.78, 5) is 8.93. The van der Waals surface area contributed by atoms with Gasteiger partial charge in [-0.2, -0.15) is 5.10 Å². The molecule has 2 aromatic heterocycles. The van der Waals surface area contributed by atoms with E-state index in [1.165, 1.54) is 12.8 Å². The molecule has 3 N–H and O–H groups in total. The van der Waals surface area contributed by atoms with E-state index in [-0.39, 0.29) is 18.0 Å². The number of ether oxygens (including phenoxy) is 1. The predicted octanol–water partition coefficient (Wildman–Crippen LogP) is 2.10. The van der Waals surface area contributed by atoms with Crippen LogP contribution in [0.4, 0.5) is 0 Å².